The second-order valence-corrected chi connectivity index (χ2v) is 15.0. The van der Waals surface area contributed by atoms with Gasteiger partial charge in [0.1, 0.15) is 11.3 Å². The third kappa shape index (κ3) is 6.10. The third-order valence-electron chi connectivity index (χ3n) is 10.7. The molecule has 3 aliphatic rings. The van der Waals surface area contributed by atoms with E-state index in [9.17, 15) is 14.7 Å². The summed E-state index contributed by atoms with van der Waals surface area (Å²) in [6.45, 7) is 2.95. The fourth-order valence-electron chi connectivity index (χ4n) is 8.00. The van der Waals surface area contributed by atoms with Crippen LogP contribution in [0.4, 0.5) is 0 Å². The number of likely N-dealkylation sites (tertiary alicyclic amines) is 1. The van der Waals surface area contributed by atoms with Crippen LogP contribution >= 0.6 is 23.2 Å². The number of carbonyl (C=O) groups is 1. The van der Waals surface area contributed by atoms with Gasteiger partial charge in [0.25, 0.3) is 5.56 Å². The molecule has 13 heteroatoms. The van der Waals surface area contributed by atoms with Gasteiger partial charge in [-0.15, -0.1) is 0 Å². The number of benzene rings is 2. The zero-order chi connectivity index (χ0) is 35.6. The van der Waals surface area contributed by atoms with Crippen molar-refractivity contribution < 1.29 is 14.6 Å². The van der Waals surface area contributed by atoms with E-state index in [0.29, 0.717) is 52.5 Å². The summed E-state index contributed by atoms with van der Waals surface area (Å²) in [4.78, 5) is 34.4. The monoisotopic (exact) mass is 727 g/mol. The smallest absolute Gasteiger partial charge is 0.277 e. The summed E-state index contributed by atoms with van der Waals surface area (Å²) < 4.78 is 8.96. The van der Waals surface area contributed by atoms with E-state index in [4.69, 9.17) is 38.0 Å². The summed E-state index contributed by atoms with van der Waals surface area (Å²) >= 11 is 14.3. The van der Waals surface area contributed by atoms with E-state index in [1.165, 1.54) is 0 Å². The first kappa shape index (κ1) is 33.9. The molecule has 0 unspecified atom stereocenters. The fraction of sp³-hybridized carbons (Fsp3) is 0.368. The molecule has 3 aromatic heterocycles. The molecule has 2 saturated heterocycles. The Hall–Kier alpha value is -4.26. The number of ether oxygens (including phenoxy) is 1. The van der Waals surface area contributed by atoms with Crippen LogP contribution in [0.25, 0.3) is 39.0 Å². The van der Waals surface area contributed by atoms with Crippen molar-refractivity contribution in [1.29, 1.82) is 0 Å². The quantitative estimate of drug-likeness (QED) is 0.208. The SMILES string of the molecule is COc1nc(-c2cccc(-c3cccc(-c4cc5c(=O)n(C)c(CN6CC7(CC(O)C7)C6)nn5c4)c3Cl)c2Cl)ccc1CN(C)[C@H]1CCC(=O)N1. The average Bonchev–Trinajstić information content (AvgIpc) is 3.72. The van der Waals surface area contributed by atoms with Crippen LogP contribution in [0.15, 0.2) is 65.6 Å². The Morgan fingerprint density at radius 1 is 1.02 bits per heavy atom. The van der Waals surface area contributed by atoms with Crippen LogP contribution in [0.2, 0.25) is 10.0 Å². The number of methoxy groups -OCH3 is 1. The maximum atomic E-state index is 13.5. The lowest BCUT2D eigenvalue weighted by molar-refractivity contribution is -0.131. The Morgan fingerprint density at radius 2 is 1.71 bits per heavy atom. The molecule has 5 heterocycles. The Labute approximate surface area is 305 Å². The lowest BCUT2D eigenvalue weighted by atomic mass is 9.62. The summed E-state index contributed by atoms with van der Waals surface area (Å²) in [5, 5.41) is 18.6. The number of nitrogens with zero attached hydrogens (tertiary/aromatic N) is 6. The van der Waals surface area contributed by atoms with Crippen molar-refractivity contribution in [1.82, 2.24) is 34.3 Å². The largest absolute Gasteiger partial charge is 0.481 e. The number of amides is 1. The van der Waals surface area contributed by atoms with Gasteiger partial charge in [-0.2, -0.15) is 5.10 Å². The molecule has 1 aliphatic carbocycles. The van der Waals surface area contributed by atoms with Gasteiger partial charge < -0.3 is 15.2 Å². The lowest BCUT2D eigenvalue weighted by Gasteiger charge is -2.57. The second kappa shape index (κ2) is 13.1. The van der Waals surface area contributed by atoms with Crippen molar-refractivity contribution in [3.05, 3.63) is 92.6 Å². The Bertz CT molecular complexity index is 2240. The maximum absolute atomic E-state index is 13.5. The standard InChI is InChI=1S/C38H39Cl2N7O4/c1-44(31-12-13-33(49)42-31)17-22-10-11-29(41-36(22)51-3)28-9-5-8-27(35(28)40)26-7-4-6-25(34(26)39)23-14-30-37(50)45(2)32(43-47(30)18-23)19-46-20-38(21-46)15-24(48)16-38/h4-11,14,18,24,31,48H,12-13,15-17,19-21H2,1-3H3,(H,42,49)/t31-/m0/s1. The highest BCUT2D eigenvalue weighted by atomic mass is 35.5. The lowest BCUT2D eigenvalue weighted by Crippen LogP contribution is -2.63. The molecular formula is C38H39Cl2N7O4. The van der Waals surface area contributed by atoms with Crippen LogP contribution in [0, 0.1) is 5.41 Å². The molecule has 8 rings (SSSR count). The van der Waals surface area contributed by atoms with Gasteiger partial charge in [0.2, 0.25) is 11.8 Å². The summed E-state index contributed by atoms with van der Waals surface area (Å²) in [5.74, 6) is 1.23. The number of aromatic nitrogens is 4. The van der Waals surface area contributed by atoms with Crippen LogP contribution in [0.3, 0.4) is 0 Å². The minimum Gasteiger partial charge on any atom is -0.481 e. The van der Waals surface area contributed by atoms with Crippen LogP contribution in [-0.4, -0.2) is 79.5 Å². The van der Waals surface area contributed by atoms with Gasteiger partial charge in [-0.1, -0.05) is 65.7 Å². The van der Waals surface area contributed by atoms with E-state index >= 15 is 0 Å². The molecule has 1 spiro atoms. The van der Waals surface area contributed by atoms with E-state index in [-0.39, 0.29) is 29.2 Å². The maximum Gasteiger partial charge on any atom is 0.277 e. The highest BCUT2D eigenvalue weighted by molar-refractivity contribution is 6.39. The van der Waals surface area contributed by atoms with E-state index in [1.54, 1.807) is 23.2 Å². The van der Waals surface area contributed by atoms with Crippen molar-refractivity contribution in [3.8, 4) is 39.4 Å². The molecule has 264 valence electrons. The first-order valence-electron chi connectivity index (χ1n) is 17.1. The molecular weight excluding hydrogens is 689 g/mol. The first-order chi connectivity index (χ1) is 24.5. The van der Waals surface area contributed by atoms with Gasteiger partial charge in [-0.05, 0) is 38.4 Å². The molecule has 3 fully saturated rings. The van der Waals surface area contributed by atoms with Crippen LogP contribution in [0.1, 0.15) is 37.1 Å². The first-order valence-corrected chi connectivity index (χ1v) is 17.9. The number of hydrogen-bond acceptors (Lipinski definition) is 8. The van der Waals surface area contributed by atoms with Gasteiger partial charge >= 0.3 is 0 Å². The van der Waals surface area contributed by atoms with Crippen molar-refractivity contribution in [2.75, 3.05) is 27.2 Å². The molecule has 2 aliphatic heterocycles. The van der Waals surface area contributed by atoms with Crippen molar-refractivity contribution in [3.63, 3.8) is 0 Å². The number of rotatable bonds is 9. The fourth-order valence-corrected chi connectivity index (χ4v) is 8.66. The number of halogens is 2. The normalized spacial score (nSPS) is 18.7. The molecule has 2 N–H and O–H groups in total. The molecule has 0 bridgehead atoms. The number of pyridine rings is 1. The summed E-state index contributed by atoms with van der Waals surface area (Å²) in [6.07, 6.45) is 4.64. The summed E-state index contributed by atoms with van der Waals surface area (Å²) in [5.41, 5.74) is 5.86. The number of aliphatic hydroxyl groups excluding tert-OH is 1. The number of hydrogen-bond donors (Lipinski definition) is 2. The predicted molar refractivity (Wildman–Crippen MR) is 197 cm³/mol. The van der Waals surface area contributed by atoms with E-state index < -0.39 is 0 Å². The molecule has 5 aromatic rings. The van der Waals surface area contributed by atoms with Gasteiger partial charge in [-0.25, -0.2) is 9.50 Å². The molecule has 51 heavy (non-hydrogen) atoms. The highest BCUT2D eigenvalue weighted by Crippen LogP contribution is 2.48. The Morgan fingerprint density at radius 3 is 2.37 bits per heavy atom. The number of carbonyl (C=O) groups excluding carboxylic acids is 1. The molecule has 2 aromatic carbocycles. The van der Waals surface area contributed by atoms with Gasteiger partial charge in [-0.3, -0.25) is 24.0 Å². The van der Waals surface area contributed by atoms with Gasteiger partial charge in [0, 0.05) is 78.1 Å². The van der Waals surface area contributed by atoms with Crippen LogP contribution in [-0.2, 0) is 24.9 Å². The van der Waals surface area contributed by atoms with Crippen molar-refractivity contribution in [2.24, 2.45) is 12.5 Å². The number of fused-ring (bicyclic) bond motifs is 1. The van der Waals surface area contributed by atoms with Crippen LogP contribution < -0.4 is 15.6 Å². The highest BCUT2D eigenvalue weighted by Gasteiger charge is 2.51. The second-order valence-electron chi connectivity index (χ2n) is 14.3. The topological polar surface area (TPSA) is 117 Å². The molecule has 11 nitrogen and oxygen atoms in total. The summed E-state index contributed by atoms with van der Waals surface area (Å²) in [6, 6.07) is 17.3. The summed E-state index contributed by atoms with van der Waals surface area (Å²) in [7, 11) is 5.32. The third-order valence-corrected chi connectivity index (χ3v) is 11.5. The molecule has 1 saturated carbocycles. The van der Waals surface area contributed by atoms with Crippen molar-refractivity contribution in [2.45, 2.75) is 51.0 Å². The Kier molecular flexibility index (Phi) is 8.67. The van der Waals surface area contributed by atoms with Crippen molar-refractivity contribution >= 4 is 34.6 Å². The zero-order valence-corrected chi connectivity index (χ0v) is 30.2. The van der Waals surface area contributed by atoms with E-state index in [2.05, 4.69) is 15.1 Å². The molecule has 0 radical (unpaired) electrons. The minimum absolute atomic E-state index is 0.0232. The number of nitrogens with one attached hydrogen (secondary N) is 1. The number of aliphatic hydroxyl groups is 1. The molecule has 1 atom stereocenters. The zero-order valence-electron chi connectivity index (χ0n) is 28.7. The molecule has 1 amide bonds. The van der Waals surface area contributed by atoms with E-state index in [1.807, 2.05) is 67.8 Å². The Balaban J connectivity index is 1.07. The van der Waals surface area contributed by atoms with Gasteiger partial charge in [0.15, 0.2) is 0 Å². The average molecular weight is 729 g/mol. The predicted octanol–water partition coefficient (Wildman–Crippen LogP) is 5.37. The minimum atomic E-state index is -0.180. The van der Waals surface area contributed by atoms with Gasteiger partial charge in [0.05, 0.1) is 41.7 Å². The van der Waals surface area contributed by atoms with E-state index in [0.717, 1.165) is 65.7 Å². The van der Waals surface area contributed by atoms with Crippen LogP contribution in [0.5, 0.6) is 5.88 Å².